The van der Waals surface area contributed by atoms with Crippen molar-refractivity contribution in [2.24, 2.45) is 0 Å². The van der Waals surface area contributed by atoms with E-state index in [1.807, 2.05) is 34.4 Å². The van der Waals surface area contributed by atoms with Crippen molar-refractivity contribution in [2.75, 3.05) is 19.8 Å². The largest absolute Gasteiger partial charge is 0.377 e. The lowest BCUT2D eigenvalue weighted by Gasteiger charge is -2.31. The van der Waals surface area contributed by atoms with Crippen molar-refractivity contribution in [1.82, 2.24) is 4.90 Å². The number of carbonyl (C=O) groups is 1. The van der Waals surface area contributed by atoms with Crippen molar-refractivity contribution in [2.45, 2.75) is 13.0 Å². The van der Waals surface area contributed by atoms with E-state index < -0.39 is 0 Å². The molecule has 58 valence electrons. The summed E-state index contributed by atoms with van der Waals surface area (Å²) in [6.07, 6.45) is 0. The van der Waals surface area contributed by atoms with Gasteiger partial charge in [0.25, 0.3) is 3.91 Å². The fourth-order valence-electron chi connectivity index (χ4n) is 0.988. The van der Waals surface area contributed by atoms with Gasteiger partial charge in [-0.2, -0.15) is 0 Å². The Morgan fingerprint density at radius 2 is 2.50 bits per heavy atom. The number of nitrogens with zero attached hydrogens (tertiary/aromatic N) is 1. The summed E-state index contributed by atoms with van der Waals surface area (Å²) >= 11 is 1.81. The third kappa shape index (κ3) is 1.82. The van der Waals surface area contributed by atoms with Crippen molar-refractivity contribution in [3.05, 3.63) is 0 Å². The van der Waals surface area contributed by atoms with Crippen LogP contribution in [0.1, 0.15) is 6.92 Å². The quantitative estimate of drug-likeness (QED) is 0.370. The molecule has 10 heavy (non-hydrogen) atoms. The minimum absolute atomic E-state index is 0.119. The fourth-order valence-corrected chi connectivity index (χ4v) is 1.71. The number of morpholine rings is 1. The number of carbonyl (C=O) groups excluding carboxylic acids is 1. The molecule has 0 radical (unpaired) electrons. The van der Waals surface area contributed by atoms with Gasteiger partial charge in [-0.1, -0.05) is 0 Å². The predicted molar refractivity (Wildman–Crippen MR) is 46.4 cm³/mol. The maximum atomic E-state index is 10.9. The van der Waals surface area contributed by atoms with Gasteiger partial charge in [0.05, 0.1) is 19.3 Å². The predicted octanol–water partition coefficient (Wildman–Crippen LogP) is 1.26. The Labute approximate surface area is 73.9 Å². The molecule has 1 saturated heterocycles. The Morgan fingerprint density at radius 3 is 2.90 bits per heavy atom. The molecule has 1 amide bonds. The summed E-state index contributed by atoms with van der Waals surface area (Å²) < 4.78 is 5.28. The minimum atomic E-state index is 0.119. The smallest absolute Gasteiger partial charge is 0.283 e. The lowest BCUT2D eigenvalue weighted by Crippen LogP contribution is -2.44. The van der Waals surface area contributed by atoms with Crippen molar-refractivity contribution in [3.63, 3.8) is 0 Å². The van der Waals surface area contributed by atoms with E-state index in [4.69, 9.17) is 4.74 Å². The molecule has 0 N–H and O–H groups in total. The average Bonchev–Trinajstić information content (AvgIpc) is 1.88. The third-order valence-corrected chi connectivity index (χ3v) is 2.21. The normalized spacial score (nSPS) is 26.6. The van der Waals surface area contributed by atoms with Gasteiger partial charge < -0.3 is 9.64 Å². The van der Waals surface area contributed by atoms with Gasteiger partial charge in [0.1, 0.15) is 0 Å². The first-order valence-corrected chi connectivity index (χ1v) is 4.33. The van der Waals surface area contributed by atoms with Crippen molar-refractivity contribution in [3.8, 4) is 0 Å². The van der Waals surface area contributed by atoms with E-state index in [0.29, 0.717) is 13.2 Å². The van der Waals surface area contributed by atoms with Crippen molar-refractivity contribution >= 4 is 26.5 Å². The van der Waals surface area contributed by atoms with Gasteiger partial charge in [-0.25, -0.2) is 0 Å². The zero-order chi connectivity index (χ0) is 7.56. The molecule has 1 rings (SSSR count). The number of hydrogen-bond donors (Lipinski definition) is 0. The first-order chi connectivity index (χ1) is 4.72. The van der Waals surface area contributed by atoms with Gasteiger partial charge in [-0.05, 0) is 6.92 Å². The summed E-state index contributed by atoms with van der Waals surface area (Å²) in [5, 5.41) is 0. The van der Waals surface area contributed by atoms with Crippen LogP contribution >= 0.6 is 22.6 Å². The number of rotatable bonds is 0. The van der Waals surface area contributed by atoms with Gasteiger partial charge in [0, 0.05) is 29.1 Å². The second kappa shape index (κ2) is 3.52. The second-order valence-electron chi connectivity index (χ2n) is 2.37. The molecule has 1 aliphatic rings. The fraction of sp³-hybridized carbons (Fsp3) is 0.833. The highest BCUT2D eigenvalue weighted by molar-refractivity contribution is 14.1. The van der Waals surface area contributed by atoms with Crippen molar-refractivity contribution in [1.29, 1.82) is 0 Å². The third-order valence-electron chi connectivity index (χ3n) is 1.59. The molecule has 0 bridgehead atoms. The van der Waals surface area contributed by atoms with Crippen LogP contribution in [0, 0.1) is 0 Å². The molecule has 0 aliphatic carbocycles. The van der Waals surface area contributed by atoms with Crippen LogP contribution in [0.5, 0.6) is 0 Å². The summed E-state index contributed by atoms with van der Waals surface area (Å²) in [4.78, 5) is 12.7. The molecular formula is C6H10INO2. The highest BCUT2D eigenvalue weighted by Crippen LogP contribution is 2.09. The van der Waals surface area contributed by atoms with Crippen LogP contribution in [0.3, 0.4) is 0 Å². The van der Waals surface area contributed by atoms with Crippen LogP contribution in [-0.2, 0) is 4.74 Å². The molecule has 1 fully saturated rings. The molecule has 0 aromatic rings. The number of halogens is 1. The van der Waals surface area contributed by atoms with Crippen LogP contribution in [0.15, 0.2) is 0 Å². The summed E-state index contributed by atoms with van der Waals surface area (Å²) in [6, 6.07) is 0.248. The molecule has 1 atom stereocenters. The molecule has 1 aliphatic heterocycles. The molecule has 0 spiro atoms. The van der Waals surface area contributed by atoms with E-state index in [2.05, 4.69) is 0 Å². The molecule has 1 heterocycles. The first kappa shape index (κ1) is 8.26. The maximum absolute atomic E-state index is 10.9. The summed E-state index contributed by atoms with van der Waals surface area (Å²) in [5.74, 6) is 0. The van der Waals surface area contributed by atoms with Crippen molar-refractivity contribution < 1.29 is 9.53 Å². The van der Waals surface area contributed by atoms with Gasteiger partial charge >= 0.3 is 0 Å². The molecule has 0 aromatic carbocycles. The Kier molecular flexibility index (Phi) is 2.91. The number of amides is 1. The lowest BCUT2D eigenvalue weighted by molar-refractivity contribution is 0.0258. The van der Waals surface area contributed by atoms with E-state index in [9.17, 15) is 4.79 Å². The van der Waals surface area contributed by atoms with E-state index in [1.54, 1.807) is 0 Å². The van der Waals surface area contributed by atoms with E-state index in [0.717, 1.165) is 6.54 Å². The van der Waals surface area contributed by atoms with E-state index >= 15 is 0 Å². The number of hydrogen-bond acceptors (Lipinski definition) is 2. The summed E-state index contributed by atoms with van der Waals surface area (Å²) in [5.41, 5.74) is 0. The second-order valence-corrected chi connectivity index (χ2v) is 3.29. The Bertz CT molecular complexity index is 140. The Hall–Kier alpha value is 0.160. The first-order valence-electron chi connectivity index (χ1n) is 3.25. The minimum Gasteiger partial charge on any atom is -0.377 e. The molecule has 0 saturated carbocycles. The van der Waals surface area contributed by atoms with Gasteiger partial charge in [-0.15, -0.1) is 0 Å². The van der Waals surface area contributed by atoms with E-state index in [1.165, 1.54) is 0 Å². The van der Waals surface area contributed by atoms with E-state index in [-0.39, 0.29) is 9.96 Å². The lowest BCUT2D eigenvalue weighted by atomic mass is 10.3. The molecule has 3 nitrogen and oxygen atoms in total. The maximum Gasteiger partial charge on any atom is 0.283 e. The number of ether oxygens (including phenoxy) is 1. The van der Waals surface area contributed by atoms with Crippen LogP contribution in [0.25, 0.3) is 0 Å². The zero-order valence-corrected chi connectivity index (χ0v) is 8.00. The zero-order valence-electron chi connectivity index (χ0n) is 5.84. The van der Waals surface area contributed by atoms with Gasteiger partial charge in [0.2, 0.25) is 0 Å². The van der Waals surface area contributed by atoms with Gasteiger partial charge in [-0.3, -0.25) is 4.79 Å². The Balaban J connectivity index is 2.47. The summed E-state index contributed by atoms with van der Waals surface area (Å²) in [7, 11) is 0. The van der Waals surface area contributed by atoms with Crippen LogP contribution < -0.4 is 0 Å². The topological polar surface area (TPSA) is 29.5 Å². The average molecular weight is 255 g/mol. The highest BCUT2D eigenvalue weighted by atomic mass is 127. The molecular weight excluding hydrogens is 245 g/mol. The monoisotopic (exact) mass is 255 g/mol. The summed E-state index contributed by atoms with van der Waals surface area (Å²) in [6.45, 7) is 4.09. The SMILES string of the molecule is C[C@H]1COCCN1C(=O)I. The van der Waals surface area contributed by atoms with Crippen LogP contribution in [0.4, 0.5) is 4.79 Å². The standard InChI is InChI=1S/C6H10INO2/c1-5-4-10-3-2-8(5)6(7)9/h5H,2-4H2,1H3/t5-/m0/s1. The van der Waals surface area contributed by atoms with Crippen LogP contribution in [-0.4, -0.2) is 34.6 Å². The molecule has 0 unspecified atom stereocenters. The highest BCUT2D eigenvalue weighted by Gasteiger charge is 2.21. The van der Waals surface area contributed by atoms with Crippen LogP contribution in [0.2, 0.25) is 0 Å². The molecule has 4 heteroatoms. The Morgan fingerprint density at radius 1 is 1.80 bits per heavy atom. The van der Waals surface area contributed by atoms with Gasteiger partial charge in [0.15, 0.2) is 0 Å². The molecule has 0 aromatic heterocycles.